The summed E-state index contributed by atoms with van der Waals surface area (Å²) in [7, 11) is 3.20. The summed E-state index contributed by atoms with van der Waals surface area (Å²) in [5.74, 6) is 0.438. The predicted octanol–water partition coefficient (Wildman–Crippen LogP) is 6.65. The second-order valence-electron chi connectivity index (χ2n) is 6.92. The number of ether oxygens (including phenoxy) is 2. The quantitative estimate of drug-likeness (QED) is 0.239. The Kier molecular flexibility index (Phi) is 6.55. The highest BCUT2D eigenvalue weighted by molar-refractivity contribution is 9.11. The molecular weight excluding hydrogens is 567 g/mol. The molecule has 0 aliphatic rings. The predicted molar refractivity (Wildman–Crippen MR) is 129 cm³/mol. The summed E-state index contributed by atoms with van der Waals surface area (Å²) in [6.45, 7) is 0.492. The number of halogens is 4. The number of ketones is 1. The van der Waals surface area contributed by atoms with Gasteiger partial charge in [0.1, 0.15) is 22.8 Å². The second kappa shape index (κ2) is 9.21. The van der Waals surface area contributed by atoms with Crippen molar-refractivity contribution in [1.29, 1.82) is 0 Å². The molecule has 0 spiro atoms. The molecule has 0 bridgehead atoms. The van der Waals surface area contributed by atoms with Crippen molar-refractivity contribution in [1.82, 2.24) is 9.55 Å². The van der Waals surface area contributed by atoms with Crippen molar-refractivity contribution < 1.29 is 18.7 Å². The molecule has 164 valence electrons. The molecule has 0 aliphatic heterocycles. The number of methoxy groups -OCH3 is 2. The van der Waals surface area contributed by atoms with Crippen LogP contribution in [0.1, 0.15) is 21.5 Å². The Labute approximate surface area is 205 Å². The van der Waals surface area contributed by atoms with Crippen LogP contribution in [-0.4, -0.2) is 29.6 Å². The van der Waals surface area contributed by atoms with Crippen LogP contribution >= 0.6 is 43.5 Å². The fourth-order valence-corrected chi connectivity index (χ4v) is 5.20. The number of carbonyl (C=O) groups excluding carboxylic acids is 1. The fourth-order valence-electron chi connectivity index (χ4n) is 3.43. The van der Waals surface area contributed by atoms with E-state index in [1.807, 2.05) is 28.8 Å². The summed E-state index contributed by atoms with van der Waals surface area (Å²) in [5, 5.41) is 0.174. The molecule has 0 N–H and O–H groups in total. The van der Waals surface area contributed by atoms with Crippen LogP contribution in [0, 0.1) is 5.82 Å². The zero-order valence-electron chi connectivity index (χ0n) is 17.0. The van der Waals surface area contributed by atoms with Gasteiger partial charge in [0.25, 0.3) is 0 Å². The monoisotopic (exact) mass is 580 g/mol. The number of nitrogens with zero attached hydrogens (tertiary/aromatic N) is 2. The largest absolute Gasteiger partial charge is 0.497 e. The number of fused-ring (bicyclic) bond motifs is 1. The summed E-state index contributed by atoms with van der Waals surface area (Å²) in [6.07, 6.45) is 1.69. The van der Waals surface area contributed by atoms with Gasteiger partial charge in [-0.15, -0.1) is 0 Å². The lowest BCUT2D eigenvalue weighted by molar-refractivity contribution is 0.103. The standard InChI is InChI=1S/C23H16Br2ClFN2O3/c1-31-14-5-3-12(19(8-14)32-2)10-29-11-28-22-18(29)9-16(24)20(21(22)25)23(30)15-7-13(27)4-6-17(15)26/h3-9,11H,10H2,1-2H3. The van der Waals surface area contributed by atoms with Crippen LogP contribution in [0.2, 0.25) is 5.02 Å². The lowest BCUT2D eigenvalue weighted by Gasteiger charge is -2.13. The first-order valence-corrected chi connectivity index (χ1v) is 11.3. The molecule has 4 aromatic rings. The van der Waals surface area contributed by atoms with Crippen LogP contribution in [0.4, 0.5) is 4.39 Å². The second-order valence-corrected chi connectivity index (χ2v) is 8.97. The van der Waals surface area contributed by atoms with Gasteiger partial charge in [-0.2, -0.15) is 0 Å². The minimum atomic E-state index is -0.538. The van der Waals surface area contributed by atoms with E-state index < -0.39 is 11.6 Å². The number of rotatable bonds is 6. The normalized spacial score (nSPS) is 11.1. The van der Waals surface area contributed by atoms with Crippen LogP contribution in [0.25, 0.3) is 11.0 Å². The number of benzene rings is 3. The molecule has 0 aliphatic carbocycles. The van der Waals surface area contributed by atoms with E-state index in [1.54, 1.807) is 20.5 Å². The Morgan fingerprint density at radius 1 is 1.12 bits per heavy atom. The molecule has 0 fully saturated rings. The van der Waals surface area contributed by atoms with Crippen molar-refractivity contribution in [3.8, 4) is 11.5 Å². The first kappa shape index (κ1) is 22.8. The van der Waals surface area contributed by atoms with E-state index in [0.29, 0.717) is 38.1 Å². The van der Waals surface area contributed by atoms with Crippen molar-refractivity contribution in [3.63, 3.8) is 0 Å². The van der Waals surface area contributed by atoms with Gasteiger partial charge in [-0.05, 0) is 68.3 Å². The van der Waals surface area contributed by atoms with E-state index in [-0.39, 0.29) is 10.6 Å². The van der Waals surface area contributed by atoms with E-state index in [9.17, 15) is 9.18 Å². The van der Waals surface area contributed by atoms with Crippen molar-refractivity contribution in [2.45, 2.75) is 6.54 Å². The van der Waals surface area contributed by atoms with Crippen LogP contribution in [-0.2, 0) is 6.54 Å². The van der Waals surface area contributed by atoms with E-state index in [1.165, 1.54) is 12.1 Å². The van der Waals surface area contributed by atoms with Crippen molar-refractivity contribution >= 4 is 60.3 Å². The molecule has 0 radical (unpaired) electrons. The SMILES string of the molecule is COc1ccc(Cn2cnc3c(Br)c(C(=O)c4cc(F)ccc4Cl)c(Br)cc32)c(OC)c1. The first-order valence-electron chi connectivity index (χ1n) is 9.37. The molecule has 1 aromatic heterocycles. The zero-order valence-corrected chi connectivity index (χ0v) is 20.9. The Balaban J connectivity index is 1.78. The number of imidazole rings is 1. The number of aromatic nitrogens is 2. The summed E-state index contributed by atoms with van der Waals surface area (Å²) >= 11 is 13.2. The summed E-state index contributed by atoms with van der Waals surface area (Å²) in [6, 6.07) is 11.1. The summed E-state index contributed by atoms with van der Waals surface area (Å²) in [4.78, 5) is 17.7. The third-order valence-corrected chi connectivity index (χ3v) is 6.77. The van der Waals surface area contributed by atoms with Crippen LogP contribution in [0.3, 0.4) is 0 Å². The van der Waals surface area contributed by atoms with Gasteiger partial charge in [0.2, 0.25) is 0 Å². The fraction of sp³-hybridized carbons (Fsp3) is 0.130. The molecule has 1 heterocycles. The first-order chi connectivity index (χ1) is 15.3. The van der Waals surface area contributed by atoms with Gasteiger partial charge in [0.15, 0.2) is 5.78 Å². The number of carbonyl (C=O) groups is 1. The van der Waals surface area contributed by atoms with Gasteiger partial charge in [-0.1, -0.05) is 11.6 Å². The molecule has 3 aromatic carbocycles. The Bertz CT molecular complexity index is 1360. The molecule has 9 heteroatoms. The minimum Gasteiger partial charge on any atom is -0.497 e. The average Bonchev–Trinajstić information content (AvgIpc) is 3.18. The van der Waals surface area contributed by atoms with Gasteiger partial charge in [0, 0.05) is 21.7 Å². The van der Waals surface area contributed by atoms with Crippen LogP contribution in [0.15, 0.2) is 57.7 Å². The molecule has 4 rings (SSSR count). The molecule has 5 nitrogen and oxygen atoms in total. The van der Waals surface area contributed by atoms with Crippen LogP contribution in [0.5, 0.6) is 11.5 Å². The molecule has 0 saturated carbocycles. The maximum absolute atomic E-state index is 13.7. The number of hydrogen-bond acceptors (Lipinski definition) is 4. The lowest BCUT2D eigenvalue weighted by Crippen LogP contribution is -2.06. The Morgan fingerprint density at radius 2 is 1.91 bits per heavy atom. The Morgan fingerprint density at radius 3 is 2.62 bits per heavy atom. The minimum absolute atomic E-state index is 0.0785. The average molecular weight is 583 g/mol. The van der Waals surface area contributed by atoms with Crippen LogP contribution < -0.4 is 9.47 Å². The van der Waals surface area contributed by atoms with Gasteiger partial charge in [-0.25, -0.2) is 9.37 Å². The topological polar surface area (TPSA) is 53.4 Å². The highest BCUT2D eigenvalue weighted by atomic mass is 79.9. The Hall–Kier alpha value is -2.42. The molecule has 0 unspecified atom stereocenters. The highest BCUT2D eigenvalue weighted by Gasteiger charge is 2.23. The molecular formula is C23H16Br2ClFN2O3. The van der Waals surface area contributed by atoms with Crippen molar-refractivity contribution in [2.24, 2.45) is 0 Å². The van der Waals surface area contributed by atoms with Crippen molar-refractivity contribution in [2.75, 3.05) is 14.2 Å². The molecule has 0 amide bonds. The highest BCUT2D eigenvalue weighted by Crippen LogP contribution is 2.36. The molecule has 0 saturated heterocycles. The van der Waals surface area contributed by atoms with Crippen molar-refractivity contribution in [3.05, 3.63) is 85.3 Å². The number of hydrogen-bond donors (Lipinski definition) is 0. The van der Waals surface area contributed by atoms with E-state index in [2.05, 4.69) is 36.8 Å². The third-order valence-electron chi connectivity index (χ3n) is 5.04. The third kappa shape index (κ3) is 4.14. The summed E-state index contributed by atoms with van der Waals surface area (Å²) < 4.78 is 27.5. The van der Waals surface area contributed by atoms with Gasteiger partial charge in [0.05, 0.1) is 47.7 Å². The van der Waals surface area contributed by atoms with E-state index in [0.717, 1.165) is 17.1 Å². The molecule has 32 heavy (non-hydrogen) atoms. The lowest BCUT2D eigenvalue weighted by atomic mass is 10.0. The van der Waals surface area contributed by atoms with Gasteiger partial charge < -0.3 is 14.0 Å². The molecule has 0 atom stereocenters. The van der Waals surface area contributed by atoms with Gasteiger partial charge in [-0.3, -0.25) is 4.79 Å². The summed E-state index contributed by atoms with van der Waals surface area (Å²) in [5.41, 5.74) is 2.72. The maximum atomic E-state index is 13.7. The van der Waals surface area contributed by atoms with Gasteiger partial charge >= 0.3 is 0 Å². The van der Waals surface area contributed by atoms with E-state index in [4.69, 9.17) is 21.1 Å². The smallest absolute Gasteiger partial charge is 0.196 e. The zero-order chi connectivity index (χ0) is 23.0. The van der Waals surface area contributed by atoms with E-state index >= 15 is 0 Å². The maximum Gasteiger partial charge on any atom is 0.196 e.